The maximum absolute atomic E-state index is 11.0. The minimum absolute atomic E-state index is 0.0671. The van der Waals surface area contributed by atoms with Gasteiger partial charge in [-0.1, -0.05) is 5.16 Å². The summed E-state index contributed by atoms with van der Waals surface area (Å²) >= 11 is 0. The van der Waals surface area contributed by atoms with E-state index in [1.54, 1.807) is 13.0 Å². The van der Waals surface area contributed by atoms with Crippen molar-refractivity contribution in [3.8, 4) is 5.88 Å². The molecule has 0 aliphatic rings. The van der Waals surface area contributed by atoms with Gasteiger partial charge in [0.1, 0.15) is 17.8 Å². The zero-order chi connectivity index (χ0) is 13.8. The molecule has 0 aliphatic heterocycles. The molecule has 100 valence electrons. The number of nitro groups is 1. The summed E-state index contributed by atoms with van der Waals surface area (Å²) in [5.74, 6) is 0.628. The van der Waals surface area contributed by atoms with Crippen molar-refractivity contribution in [2.45, 2.75) is 13.5 Å². The highest BCUT2D eigenvalue weighted by Gasteiger charge is 2.23. The highest BCUT2D eigenvalue weighted by atomic mass is 16.6. The predicted octanol–water partition coefficient (Wildman–Crippen LogP) is 1.30. The van der Waals surface area contributed by atoms with Crippen molar-refractivity contribution < 1.29 is 14.2 Å². The normalized spacial score (nSPS) is 10.2. The van der Waals surface area contributed by atoms with E-state index in [4.69, 9.17) is 9.26 Å². The lowest BCUT2D eigenvalue weighted by Gasteiger charge is -2.05. The number of aromatic nitrogens is 3. The molecule has 0 fully saturated rings. The molecule has 2 aromatic rings. The van der Waals surface area contributed by atoms with Crippen molar-refractivity contribution in [2.24, 2.45) is 0 Å². The SMILES string of the molecule is COc1ncnc(NCc2cc(C)on2)c1[N+](=O)[O-]. The molecule has 0 aromatic carbocycles. The van der Waals surface area contributed by atoms with Crippen molar-refractivity contribution in [3.63, 3.8) is 0 Å². The van der Waals surface area contributed by atoms with E-state index in [0.717, 1.165) is 0 Å². The lowest BCUT2D eigenvalue weighted by atomic mass is 10.3. The quantitative estimate of drug-likeness (QED) is 0.635. The van der Waals surface area contributed by atoms with E-state index in [-0.39, 0.29) is 23.9 Å². The fraction of sp³-hybridized carbons (Fsp3) is 0.300. The van der Waals surface area contributed by atoms with Crippen molar-refractivity contribution in [2.75, 3.05) is 12.4 Å². The van der Waals surface area contributed by atoms with Gasteiger partial charge in [-0.05, 0) is 6.92 Å². The van der Waals surface area contributed by atoms with E-state index < -0.39 is 4.92 Å². The van der Waals surface area contributed by atoms with Crippen LogP contribution in [0.5, 0.6) is 5.88 Å². The molecule has 2 rings (SSSR count). The zero-order valence-corrected chi connectivity index (χ0v) is 10.3. The van der Waals surface area contributed by atoms with Gasteiger partial charge in [0.05, 0.1) is 18.6 Å². The third-order valence-electron chi connectivity index (χ3n) is 2.28. The summed E-state index contributed by atoms with van der Waals surface area (Å²) in [6.07, 6.45) is 1.18. The second-order valence-electron chi connectivity index (χ2n) is 3.62. The Kier molecular flexibility index (Phi) is 3.55. The third kappa shape index (κ3) is 2.76. The Hall–Kier alpha value is -2.71. The van der Waals surface area contributed by atoms with Gasteiger partial charge in [-0.15, -0.1) is 0 Å². The molecule has 19 heavy (non-hydrogen) atoms. The summed E-state index contributed by atoms with van der Waals surface area (Å²) in [5.41, 5.74) is 0.301. The molecule has 0 saturated carbocycles. The molecule has 0 amide bonds. The molecular weight excluding hydrogens is 254 g/mol. The highest BCUT2D eigenvalue weighted by Crippen LogP contribution is 2.30. The van der Waals surface area contributed by atoms with Crippen LogP contribution in [0, 0.1) is 17.0 Å². The minimum Gasteiger partial charge on any atom is -0.476 e. The van der Waals surface area contributed by atoms with Gasteiger partial charge < -0.3 is 14.6 Å². The molecule has 1 N–H and O–H groups in total. The Morgan fingerprint density at radius 1 is 1.53 bits per heavy atom. The summed E-state index contributed by atoms with van der Waals surface area (Å²) in [6, 6.07) is 1.72. The maximum atomic E-state index is 11.0. The standard InChI is InChI=1S/C10H11N5O4/c1-6-3-7(14-19-6)4-11-9-8(15(16)17)10(18-2)13-5-12-9/h3,5H,4H2,1-2H3,(H,11,12,13). The van der Waals surface area contributed by atoms with Gasteiger partial charge in [-0.3, -0.25) is 10.1 Å². The fourth-order valence-corrected chi connectivity index (χ4v) is 1.48. The van der Waals surface area contributed by atoms with Crippen LogP contribution >= 0.6 is 0 Å². The molecule has 0 unspecified atom stereocenters. The van der Waals surface area contributed by atoms with Crippen LogP contribution in [-0.2, 0) is 6.54 Å². The Morgan fingerprint density at radius 2 is 2.32 bits per heavy atom. The number of hydrogen-bond acceptors (Lipinski definition) is 8. The smallest absolute Gasteiger partial charge is 0.372 e. The fourth-order valence-electron chi connectivity index (χ4n) is 1.48. The molecular formula is C10H11N5O4. The van der Waals surface area contributed by atoms with E-state index in [1.165, 1.54) is 13.4 Å². The van der Waals surface area contributed by atoms with Gasteiger partial charge in [0.2, 0.25) is 5.82 Å². The molecule has 9 nitrogen and oxygen atoms in total. The maximum Gasteiger partial charge on any atom is 0.372 e. The minimum atomic E-state index is -0.602. The van der Waals surface area contributed by atoms with Crippen molar-refractivity contribution in [1.82, 2.24) is 15.1 Å². The monoisotopic (exact) mass is 265 g/mol. The lowest BCUT2D eigenvalue weighted by molar-refractivity contribution is -0.385. The third-order valence-corrected chi connectivity index (χ3v) is 2.28. The van der Waals surface area contributed by atoms with Crippen LogP contribution in [-0.4, -0.2) is 27.2 Å². The number of hydrogen-bond donors (Lipinski definition) is 1. The Bertz CT molecular complexity index is 597. The molecule has 9 heteroatoms. The van der Waals surface area contributed by atoms with Crippen LogP contribution in [0.3, 0.4) is 0 Å². The summed E-state index contributed by atoms with van der Waals surface area (Å²) in [6.45, 7) is 2.00. The first kappa shape index (κ1) is 12.7. The largest absolute Gasteiger partial charge is 0.476 e. The Labute approximate surface area is 107 Å². The number of rotatable bonds is 5. The van der Waals surface area contributed by atoms with Crippen LogP contribution in [0.1, 0.15) is 11.5 Å². The van der Waals surface area contributed by atoms with Gasteiger partial charge in [0.25, 0.3) is 5.88 Å². The summed E-state index contributed by atoms with van der Waals surface area (Å²) in [4.78, 5) is 17.9. The van der Waals surface area contributed by atoms with Gasteiger partial charge in [0, 0.05) is 6.07 Å². The molecule has 0 atom stereocenters. The first-order valence-corrected chi connectivity index (χ1v) is 5.31. The Morgan fingerprint density at radius 3 is 2.89 bits per heavy atom. The van der Waals surface area contributed by atoms with E-state index in [9.17, 15) is 10.1 Å². The second kappa shape index (κ2) is 5.29. The summed E-state index contributed by atoms with van der Waals surface area (Å²) in [7, 11) is 1.31. The second-order valence-corrected chi connectivity index (χ2v) is 3.62. The number of methoxy groups -OCH3 is 1. The highest BCUT2D eigenvalue weighted by molar-refractivity contribution is 5.61. The predicted molar refractivity (Wildman–Crippen MR) is 63.8 cm³/mol. The van der Waals surface area contributed by atoms with Gasteiger partial charge in [-0.2, -0.15) is 4.98 Å². The van der Waals surface area contributed by atoms with Crippen LogP contribution in [0.15, 0.2) is 16.9 Å². The van der Waals surface area contributed by atoms with Crippen molar-refractivity contribution in [1.29, 1.82) is 0 Å². The first-order valence-electron chi connectivity index (χ1n) is 5.31. The van der Waals surface area contributed by atoms with Gasteiger partial charge in [0.15, 0.2) is 0 Å². The molecule has 0 saturated heterocycles. The number of anilines is 1. The molecule has 2 heterocycles. The molecule has 0 radical (unpaired) electrons. The Balaban J connectivity index is 2.22. The lowest BCUT2D eigenvalue weighted by Crippen LogP contribution is -2.07. The molecule has 0 aliphatic carbocycles. The summed E-state index contributed by atoms with van der Waals surface area (Å²) in [5, 5.41) is 17.6. The average molecular weight is 265 g/mol. The number of ether oxygens (including phenoxy) is 1. The van der Waals surface area contributed by atoms with E-state index in [0.29, 0.717) is 11.5 Å². The molecule has 2 aromatic heterocycles. The average Bonchev–Trinajstić information content (AvgIpc) is 2.81. The number of nitrogens with zero attached hydrogens (tertiary/aromatic N) is 4. The zero-order valence-electron chi connectivity index (χ0n) is 10.3. The van der Waals surface area contributed by atoms with Gasteiger partial charge in [-0.25, -0.2) is 4.98 Å². The van der Waals surface area contributed by atoms with Crippen LogP contribution in [0.4, 0.5) is 11.5 Å². The van der Waals surface area contributed by atoms with E-state index in [2.05, 4.69) is 20.4 Å². The molecule has 0 bridgehead atoms. The number of aryl methyl sites for hydroxylation is 1. The van der Waals surface area contributed by atoms with Gasteiger partial charge >= 0.3 is 5.69 Å². The van der Waals surface area contributed by atoms with Crippen LogP contribution < -0.4 is 10.1 Å². The van der Waals surface area contributed by atoms with Crippen LogP contribution in [0.25, 0.3) is 0 Å². The van der Waals surface area contributed by atoms with Crippen molar-refractivity contribution in [3.05, 3.63) is 34.0 Å². The van der Waals surface area contributed by atoms with E-state index in [1.807, 2.05) is 0 Å². The van der Waals surface area contributed by atoms with Crippen molar-refractivity contribution >= 4 is 11.5 Å². The van der Waals surface area contributed by atoms with Crippen LogP contribution in [0.2, 0.25) is 0 Å². The topological polar surface area (TPSA) is 116 Å². The summed E-state index contributed by atoms with van der Waals surface area (Å²) < 4.78 is 9.73. The molecule has 0 spiro atoms. The number of nitrogens with one attached hydrogen (secondary N) is 1. The van der Waals surface area contributed by atoms with E-state index >= 15 is 0 Å². The first-order chi connectivity index (χ1) is 9.11.